The molecule has 3 rings (SSSR count). The van der Waals surface area contributed by atoms with E-state index in [9.17, 15) is 0 Å². The Balaban J connectivity index is 1.86. The van der Waals surface area contributed by atoms with Crippen LogP contribution < -0.4 is 5.73 Å². The van der Waals surface area contributed by atoms with E-state index in [1.807, 2.05) is 6.07 Å². The van der Waals surface area contributed by atoms with E-state index in [0.717, 1.165) is 34.3 Å². The minimum atomic E-state index is 0.320. The Morgan fingerprint density at radius 1 is 1.39 bits per heavy atom. The van der Waals surface area contributed by atoms with Crippen molar-refractivity contribution in [2.75, 3.05) is 6.54 Å². The van der Waals surface area contributed by atoms with Crippen molar-refractivity contribution in [1.82, 2.24) is 0 Å². The zero-order chi connectivity index (χ0) is 12.8. The first-order valence-corrected chi connectivity index (χ1v) is 7.94. The van der Waals surface area contributed by atoms with Crippen LogP contribution in [0.2, 0.25) is 5.02 Å². The van der Waals surface area contributed by atoms with Crippen molar-refractivity contribution < 1.29 is 0 Å². The van der Waals surface area contributed by atoms with Gasteiger partial charge in [-0.3, -0.25) is 0 Å². The van der Waals surface area contributed by atoms with Gasteiger partial charge in [-0.2, -0.15) is 0 Å². The van der Waals surface area contributed by atoms with Crippen LogP contribution in [0.5, 0.6) is 0 Å². The number of hydrogen-bond donors (Lipinski definition) is 1. The number of rotatable bonds is 3. The molecule has 0 aliphatic heterocycles. The van der Waals surface area contributed by atoms with Gasteiger partial charge < -0.3 is 5.73 Å². The number of fused-ring (bicyclic) bond motifs is 2. The highest BCUT2D eigenvalue weighted by Crippen LogP contribution is 2.57. The molecule has 2 fully saturated rings. The lowest BCUT2D eigenvalue weighted by Gasteiger charge is -2.37. The SMILES string of the molecule is NCC1(Cc2ccc(Br)cc2Cl)CC2CCC1C2. The van der Waals surface area contributed by atoms with Crippen LogP contribution in [-0.4, -0.2) is 6.54 Å². The Morgan fingerprint density at radius 2 is 2.22 bits per heavy atom. The van der Waals surface area contributed by atoms with Crippen molar-refractivity contribution in [1.29, 1.82) is 0 Å². The zero-order valence-corrected chi connectivity index (χ0v) is 12.8. The van der Waals surface area contributed by atoms with E-state index < -0.39 is 0 Å². The first-order chi connectivity index (χ1) is 8.63. The molecule has 2 saturated carbocycles. The average molecular weight is 329 g/mol. The van der Waals surface area contributed by atoms with Gasteiger partial charge in [0.25, 0.3) is 0 Å². The molecule has 2 bridgehead atoms. The maximum atomic E-state index is 6.36. The Labute approximate surface area is 122 Å². The maximum absolute atomic E-state index is 6.36. The molecule has 3 heteroatoms. The first-order valence-electron chi connectivity index (χ1n) is 6.77. The van der Waals surface area contributed by atoms with Gasteiger partial charge in [-0.15, -0.1) is 0 Å². The summed E-state index contributed by atoms with van der Waals surface area (Å²) < 4.78 is 1.05. The van der Waals surface area contributed by atoms with Gasteiger partial charge in [-0.05, 0) is 67.2 Å². The fourth-order valence-corrected chi connectivity index (χ4v) is 4.88. The second kappa shape index (κ2) is 4.81. The zero-order valence-electron chi connectivity index (χ0n) is 10.5. The summed E-state index contributed by atoms with van der Waals surface area (Å²) in [5.41, 5.74) is 7.71. The molecule has 1 aromatic rings. The molecule has 0 radical (unpaired) electrons. The van der Waals surface area contributed by atoms with Crippen LogP contribution in [0.3, 0.4) is 0 Å². The topological polar surface area (TPSA) is 26.0 Å². The van der Waals surface area contributed by atoms with Crippen LogP contribution in [0, 0.1) is 17.3 Å². The number of nitrogens with two attached hydrogens (primary N) is 1. The largest absolute Gasteiger partial charge is 0.330 e. The summed E-state index contributed by atoms with van der Waals surface area (Å²) in [6.07, 6.45) is 6.54. The quantitative estimate of drug-likeness (QED) is 0.874. The molecule has 2 aliphatic rings. The van der Waals surface area contributed by atoms with E-state index in [2.05, 4.69) is 28.1 Å². The summed E-state index contributed by atoms with van der Waals surface area (Å²) in [4.78, 5) is 0. The lowest BCUT2D eigenvalue weighted by Crippen LogP contribution is -2.37. The Kier molecular flexibility index (Phi) is 3.46. The van der Waals surface area contributed by atoms with Crippen molar-refractivity contribution in [2.45, 2.75) is 32.1 Å². The van der Waals surface area contributed by atoms with Gasteiger partial charge in [-0.1, -0.05) is 40.0 Å². The molecule has 98 valence electrons. The molecule has 3 atom stereocenters. The number of benzene rings is 1. The van der Waals surface area contributed by atoms with Crippen LogP contribution in [0.1, 0.15) is 31.2 Å². The van der Waals surface area contributed by atoms with Crippen LogP contribution in [0.4, 0.5) is 0 Å². The normalized spacial score (nSPS) is 34.2. The van der Waals surface area contributed by atoms with Crippen LogP contribution in [-0.2, 0) is 6.42 Å². The minimum Gasteiger partial charge on any atom is -0.330 e. The van der Waals surface area contributed by atoms with Gasteiger partial charge in [0.2, 0.25) is 0 Å². The third-order valence-electron chi connectivity index (χ3n) is 5.07. The predicted molar refractivity (Wildman–Crippen MR) is 79.8 cm³/mol. The fraction of sp³-hybridized carbons (Fsp3) is 0.600. The number of halogens is 2. The summed E-state index contributed by atoms with van der Waals surface area (Å²) in [7, 11) is 0. The minimum absolute atomic E-state index is 0.320. The van der Waals surface area contributed by atoms with E-state index in [4.69, 9.17) is 17.3 Å². The lowest BCUT2D eigenvalue weighted by molar-refractivity contribution is 0.172. The van der Waals surface area contributed by atoms with E-state index >= 15 is 0 Å². The molecule has 2 aliphatic carbocycles. The van der Waals surface area contributed by atoms with Crippen molar-refractivity contribution >= 4 is 27.5 Å². The number of hydrogen-bond acceptors (Lipinski definition) is 1. The van der Waals surface area contributed by atoms with Gasteiger partial charge in [0.1, 0.15) is 0 Å². The third-order valence-corrected chi connectivity index (χ3v) is 5.91. The molecule has 0 saturated heterocycles. The summed E-state index contributed by atoms with van der Waals surface area (Å²) in [6.45, 7) is 0.806. The summed E-state index contributed by atoms with van der Waals surface area (Å²) in [6, 6.07) is 6.22. The molecule has 1 aromatic carbocycles. The van der Waals surface area contributed by atoms with Crippen molar-refractivity contribution in [3.05, 3.63) is 33.3 Å². The third kappa shape index (κ3) is 2.13. The summed E-state index contributed by atoms with van der Waals surface area (Å²) in [5.74, 6) is 1.75. The van der Waals surface area contributed by atoms with Gasteiger partial charge >= 0.3 is 0 Å². The van der Waals surface area contributed by atoms with E-state index in [-0.39, 0.29) is 0 Å². The standard InChI is InChI=1S/C15H19BrClN/c16-13-4-2-11(14(17)6-13)8-15(9-18)7-10-1-3-12(15)5-10/h2,4,6,10,12H,1,3,5,7-9,18H2. The molecule has 0 aromatic heterocycles. The van der Waals surface area contributed by atoms with E-state index in [1.165, 1.54) is 31.2 Å². The smallest absolute Gasteiger partial charge is 0.0449 e. The second-order valence-corrected chi connectivity index (χ2v) is 7.38. The molecule has 1 nitrogen and oxygen atoms in total. The maximum Gasteiger partial charge on any atom is 0.0449 e. The Hall–Kier alpha value is -0.0500. The highest BCUT2D eigenvalue weighted by Gasteiger charge is 2.49. The van der Waals surface area contributed by atoms with Crippen molar-refractivity contribution in [2.24, 2.45) is 23.0 Å². The molecule has 2 N–H and O–H groups in total. The highest BCUT2D eigenvalue weighted by molar-refractivity contribution is 9.10. The summed E-state index contributed by atoms with van der Waals surface area (Å²) >= 11 is 9.82. The Morgan fingerprint density at radius 3 is 2.78 bits per heavy atom. The van der Waals surface area contributed by atoms with Crippen LogP contribution in [0.15, 0.2) is 22.7 Å². The molecule has 3 unspecified atom stereocenters. The Bertz CT molecular complexity index is 462. The first kappa shape index (κ1) is 13.0. The van der Waals surface area contributed by atoms with Crippen molar-refractivity contribution in [3.63, 3.8) is 0 Å². The molecule has 0 heterocycles. The highest BCUT2D eigenvalue weighted by atomic mass is 79.9. The summed E-state index contributed by atoms with van der Waals surface area (Å²) in [5, 5.41) is 0.875. The molecular weight excluding hydrogens is 310 g/mol. The van der Waals surface area contributed by atoms with E-state index in [1.54, 1.807) is 0 Å². The van der Waals surface area contributed by atoms with E-state index in [0.29, 0.717) is 5.41 Å². The van der Waals surface area contributed by atoms with Gasteiger partial charge in [0, 0.05) is 9.50 Å². The lowest BCUT2D eigenvalue weighted by atomic mass is 9.69. The second-order valence-electron chi connectivity index (χ2n) is 6.06. The van der Waals surface area contributed by atoms with Gasteiger partial charge in [-0.25, -0.2) is 0 Å². The molecule has 0 spiro atoms. The molecular formula is C15H19BrClN. The average Bonchev–Trinajstić information content (AvgIpc) is 2.93. The fourth-order valence-electron chi connectivity index (χ4n) is 4.14. The monoisotopic (exact) mass is 327 g/mol. The predicted octanol–water partition coefficient (Wildman–Crippen LogP) is 4.41. The molecule has 18 heavy (non-hydrogen) atoms. The molecule has 0 amide bonds. The van der Waals surface area contributed by atoms with Gasteiger partial charge in [0.15, 0.2) is 0 Å². The van der Waals surface area contributed by atoms with Crippen LogP contribution in [0.25, 0.3) is 0 Å². The van der Waals surface area contributed by atoms with Crippen LogP contribution >= 0.6 is 27.5 Å². The van der Waals surface area contributed by atoms with Gasteiger partial charge in [0.05, 0.1) is 0 Å². The van der Waals surface area contributed by atoms with Crippen molar-refractivity contribution in [3.8, 4) is 0 Å².